The largest absolute Gasteiger partial charge is 0.416 e. The molecule has 0 fully saturated rings. The molecular weight excluding hydrogens is 405 g/mol. The molecule has 5 nitrogen and oxygen atoms in total. The molecule has 0 bridgehead atoms. The molecule has 2 rings (SSSR count). The number of carbonyl (C=O) groups is 1. The van der Waals surface area contributed by atoms with Gasteiger partial charge in [0.1, 0.15) is 0 Å². The molecule has 0 spiro atoms. The van der Waals surface area contributed by atoms with Crippen molar-refractivity contribution < 1.29 is 26.4 Å². The lowest BCUT2D eigenvalue weighted by atomic mass is 10.1. The van der Waals surface area contributed by atoms with E-state index >= 15 is 0 Å². The second-order valence-electron chi connectivity index (χ2n) is 6.84. The van der Waals surface area contributed by atoms with Crippen molar-refractivity contribution >= 4 is 15.9 Å². The molecule has 9 heteroatoms. The molecule has 0 aliphatic carbocycles. The van der Waals surface area contributed by atoms with Crippen LogP contribution in [0.5, 0.6) is 0 Å². The van der Waals surface area contributed by atoms with Gasteiger partial charge in [-0.1, -0.05) is 18.2 Å². The van der Waals surface area contributed by atoms with Crippen molar-refractivity contribution in [3.05, 3.63) is 65.2 Å². The molecule has 2 aromatic carbocycles. The van der Waals surface area contributed by atoms with E-state index in [1.165, 1.54) is 47.8 Å². The van der Waals surface area contributed by atoms with Crippen molar-refractivity contribution in [1.82, 2.24) is 9.62 Å². The van der Waals surface area contributed by atoms with Crippen LogP contribution in [0.15, 0.2) is 53.4 Å². The highest BCUT2D eigenvalue weighted by Gasteiger charge is 2.29. The molecule has 0 atom stereocenters. The predicted octanol–water partition coefficient (Wildman–Crippen LogP) is 3.71. The molecule has 0 radical (unpaired) electrons. The number of amides is 1. The number of alkyl halides is 3. The minimum atomic E-state index is -4.39. The first kappa shape index (κ1) is 22.9. The van der Waals surface area contributed by atoms with Crippen molar-refractivity contribution in [1.29, 1.82) is 0 Å². The van der Waals surface area contributed by atoms with E-state index in [0.29, 0.717) is 12.0 Å². The van der Waals surface area contributed by atoms with Gasteiger partial charge in [0.05, 0.1) is 10.5 Å². The highest BCUT2D eigenvalue weighted by molar-refractivity contribution is 7.89. The predicted molar refractivity (Wildman–Crippen MR) is 104 cm³/mol. The monoisotopic (exact) mass is 428 g/mol. The van der Waals surface area contributed by atoms with Crippen molar-refractivity contribution in [2.75, 3.05) is 13.6 Å². The van der Waals surface area contributed by atoms with Crippen molar-refractivity contribution in [3.63, 3.8) is 0 Å². The van der Waals surface area contributed by atoms with Crippen LogP contribution >= 0.6 is 0 Å². The van der Waals surface area contributed by atoms with Crippen molar-refractivity contribution in [2.24, 2.45) is 0 Å². The Labute approximate surface area is 168 Å². The number of nitrogens with one attached hydrogen (secondary N) is 1. The van der Waals surface area contributed by atoms with Crippen LogP contribution in [0.4, 0.5) is 13.2 Å². The first-order valence-corrected chi connectivity index (χ1v) is 10.4. The van der Waals surface area contributed by atoms with E-state index in [4.69, 9.17) is 0 Å². The first-order chi connectivity index (χ1) is 13.4. The zero-order valence-corrected chi connectivity index (χ0v) is 17.1. The quantitative estimate of drug-likeness (QED) is 0.731. The number of rotatable bonds is 7. The third kappa shape index (κ3) is 5.80. The normalized spacial score (nSPS) is 12.4. The van der Waals surface area contributed by atoms with Crippen LogP contribution in [-0.4, -0.2) is 38.3 Å². The van der Waals surface area contributed by atoms with Gasteiger partial charge >= 0.3 is 6.18 Å². The summed E-state index contributed by atoms with van der Waals surface area (Å²) in [4.78, 5) is 12.4. The van der Waals surface area contributed by atoms with Crippen LogP contribution < -0.4 is 5.32 Å². The van der Waals surface area contributed by atoms with E-state index in [0.717, 1.165) is 12.1 Å². The summed E-state index contributed by atoms with van der Waals surface area (Å²) >= 11 is 0. The van der Waals surface area contributed by atoms with Gasteiger partial charge in [-0.2, -0.15) is 17.5 Å². The molecule has 0 saturated carbocycles. The van der Waals surface area contributed by atoms with Crippen molar-refractivity contribution in [2.45, 2.75) is 37.4 Å². The van der Waals surface area contributed by atoms with Crippen LogP contribution in [-0.2, 0) is 22.6 Å². The van der Waals surface area contributed by atoms with E-state index in [-0.39, 0.29) is 23.0 Å². The first-order valence-electron chi connectivity index (χ1n) is 8.95. The Morgan fingerprint density at radius 1 is 1.10 bits per heavy atom. The van der Waals surface area contributed by atoms with E-state index < -0.39 is 27.7 Å². The summed E-state index contributed by atoms with van der Waals surface area (Å²) in [6, 6.07) is 10.2. The highest BCUT2D eigenvalue weighted by Crippen LogP contribution is 2.29. The average Bonchev–Trinajstić information content (AvgIpc) is 2.67. The molecule has 0 heterocycles. The Bertz CT molecular complexity index is 956. The number of hydrogen-bond donors (Lipinski definition) is 1. The SMILES string of the molecule is CC(C)N(C)S(=O)(=O)c1cccc(C(=O)NCCc2ccc(C(F)(F)F)cc2)c1. The van der Waals surface area contributed by atoms with Crippen LogP contribution in [0.2, 0.25) is 0 Å². The highest BCUT2D eigenvalue weighted by atomic mass is 32.2. The third-order valence-corrected chi connectivity index (χ3v) is 6.51. The van der Waals surface area contributed by atoms with Gasteiger partial charge in [0.15, 0.2) is 0 Å². The van der Waals surface area contributed by atoms with Gasteiger partial charge in [0, 0.05) is 25.2 Å². The molecule has 1 N–H and O–H groups in total. The Balaban J connectivity index is 2.01. The molecule has 158 valence electrons. The second-order valence-corrected chi connectivity index (χ2v) is 8.84. The molecule has 2 aromatic rings. The molecule has 0 aliphatic rings. The lowest BCUT2D eigenvalue weighted by Crippen LogP contribution is -2.33. The van der Waals surface area contributed by atoms with Crippen LogP contribution in [0, 0.1) is 0 Å². The maximum Gasteiger partial charge on any atom is 0.416 e. The summed E-state index contributed by atoms with van der Waals surface area (Å²) in [6.07, 6.45) is -4.04. The van der Waals surface area contributed by atoms with Crippen LogP contribution in [0.1, 0.15) is 35.3 Å². The fourth-order valence-corrected chi connectivity index (χ4v) is 3.94. The Morgan fingerprint density at radius 3 is 2.28 bits per heavy atom. The topological polar surface area (TPSA) is 66.5 Å². The number of sulfonamides is 1. The maximum absolute atomic E-state index is 12.6. The van der Waals surface area contributed by atoms with Crippen LogP contribution in [0.3, 0.4) is 0 Å². The summed E-state index contributed by atoms with van der Waals surface area (Å²) in [5.74, 6) is -0.457. The summed E-state index contributed by atoms with van der Waals surface area (Å²) < 4.78 is 64.1. The van der Waals surface area contributed by atoms with E-state index in [9.17, 15) is 26.4 Å². The smallest absolute Gasteiger partial charge is 0.352 e. The van der Waals surface area contributed by atoms with Crippen LogP contribution in [0.25, 0.3) is 0 Å². The fraction of sp³-hybridized carbons (Fsp3) is 0.350. The minimum absolute atomic E-state index is 0.0177. The molecule has 1 amide bonds. The molecule has 0 aromatic heterocycles. The standard InChI is InChI=1S/C20H23F3N2O3S/c1-14(2)25(3)29(27,28)18-6-4-5-16(13-18)19(26)24-12-11-15-7-9-17(10-8-15)20(21,22)23/h4-10,13-14H,11-12H2,1-3H3,(H,24,26). The number of hydrogen-bond acceptors (Lipinski definition) is 3. The lowest BCUT2D eigenvalue weighted by molar-refractivity contribution is -0.137. The molecular formula is C20H23F3N2O3S. The number of carbonyl (C=O) groups excluding carboxylic acids is 1. The summed E-state index contributed by atoms with van der Waals surface area (Å²) in [7, 11) is -2.24. The van der Waals surface area contributed by atoms with E-state index in [1.807, 2.05) is 0 Å². The molecule has 29 heavy (non-hydrogen) atoms. The fourth-order valence-electron chi connectivity index (χ4n) is 2.52. The zero-order chi connectivity index (χ0) is 21.8. The van der Waals surface area contributed by atoms with Gasteiger partial charge in [-0.05, 0) is 56.2 Å². The third-order valence-electron chi connectivity index (χ3n) is 4.48. The van der Waals surface area contributed by atoms with Gasteiger partial charge in [0.2, 0.25) is 10.0 Å². The summed E-state index contributed by atoms with van der Waals surface area (Å²) in [5.41, 5.74) is 0.110. The van der Waals surface area contributed by atoms with Gasteiger partial charge in [-0.15, -0.1) is 0 Å². The minimum Gasteiger partial charge on any atom is -0.352 e. The lowest BCUT2D eigenvalue weighted by Gasteiger charge is -2.21. The number of halogens is 3. The molecule has 0 aliphatic heterocycles. The van der Waals surface area contributed by atoms with Crippen molar-refractivity contribution in [3.8, 4) is 0 Å². The maximum atomic E-state index is 12.6. The van der Waals surface area contributed by atoms with Gasteiger partial charge in [-0.25, -0.2) is 8.42 Å². The Hall–Kier alpha value is -2.39. The number of nitrogens with zero attached hydrogens (tertiary/aromatic N) is 1. The second kappa shape index (κ2) is 8.96. The van der Waals surface area contributed by atoms with Gasteiger partial charge < -0.3 is 5.32 Å². The Morgan fingerprint density at radius 2 is 1.72 bits per heavy atom. The number of benzene rings is 2. The summed E-state index contributed by atoms with van der Waals surface area (Å²) in [5, 5.41) is 2.65. The average molecular weight is 428 g/mol. The molecule has 0 unspecified atom stereocenters. The van der Waals surface area contributed by atoms with E-state index in [1.54, 1.807) is 13.8 Å². The van der Waals surface area contributed by atoms with E-state index in [2.05, 4.69) is 5.32 Å². The summed E-state index contributed by atoms with van der Waals surface area (Å²) in [6.45, 7) is 3.69. The Kier molecular flexibility index (Phi) is 7.07. The van der Waals surface area contributed by atoms with Gasteiger partial charge in [0.25, 0.3) is 5.91 Å². The molecule has 0 saturated heterocycles. The van der Waals surface area contributed by atoms with Gasteiger partial charge in [-0.3, -0.25) is 4.79 Å². The zero-order valence-electron chi connectivity index (χ0n) is 16.3.